The summed E-state index contributed by atoms with van der Waals surface area (Å²) in [5.74, 6) is 5.71. The maximum Gasteiger partial charge on any atom is 0.0706 e. The van der Waals surface area contributed by atoms with Crippen molar-refractivity contribution in [3.05, 3.63) is 60.0 Å². The Bertz CT molecular complexity index is 734. The van der Waals surface area contributed by atoms with Crippen molar-refractivity contribution in [3.63, 3.8) is 0 Å². The molecule has 5 heteroatoms. The molecule has 0 aliphatic heterocycles. The summed E-state index contributed by atoms with van der Waals surface area (Å²) in [6.45, 7) is 0. The first-order valence-corrected chi connectivity index (χ1v) is 7.05. The maximum atomic E-state index is 5.71. The molecule has 3 rings (SSSR count). The molecular formula is C16H19N5. The summed E-state index contributed by atoms with van der Waals surface area (Å²) < 4.78 is 1.81. The van der Waals surface area contributed by atoms with Crippen LogP contribution in [0.25, 0.3) is 10.9 Å². The van der Waals surface area contributed by atoms with Crippen LogP contribution >= 0.6 is 0 Å². The van der Waals surface area contributed by atoms with Crippen LogP contribution in [-0.4, -0.2) is 14.8 Å². The van der Waals surface area contributed by atoms with Gasteiger partial charge < -0.3 is 0 Å². The van der Waals surface area contributed by atoms with E-state index >= 15 is 0 Å². The van der Waals surface area contributed by atoms with E-state index in [1.807, 2.05) is 48.4 Å². The lowest BCUT2D eigenvalue weighted by Crippen LogP contribution is -2.29. The average Bonchev–Trinajstić information content (AvgIpc) is 2.93. The Kier molecular flexibility index (Phi) is 3.94. The highest BCUT2D eigenvalue weighted by Crippen LogP contribution is 2.20. The minimum Gasteiger partial charge on any atom is -0.276 e. The summed E-state index contributed by atoms with van der Waals surface area (Å²) >= 11 is 0. The summed E-state index contributed by atoms with van der Waals surface area (Å²) in [6.07, 6.45) is 5.72. The highest BCUT2D eigenvalue weighted by atomic mass is 15.2. The Morgan fingerprint density at radius 1 is 1.24 bits per heavy atom. The third kappa shape index (κ3) is 3.09. The number of nitrogens with zero attached hydrogens (tertiary/aromatic N) is 3. The molecule has 1 atom stereocenters. The lowest BCUT2D eigenvalue weighted by molar-refractivity contribution is 0.506. The van der Waals surface area contributed by atoms with Gasteiger partial charge in [0.2, 0.25) is 0 Å². The number of nitrogens with one attached hydrogen (secondary N) is 1. The van der Waals surface area contributed by atoms with Gasteiger partial charge in [-0.05, 0) is 30.5 Å². The molecule has 0 aliphatic carbocycles. The first kappa shape index (κ1) is 13.7. The Balaban J connectivity index is 1.77. The van der Waals surface area contributed by atoms with Crippen LogP contribution in [0.4, 0.5) is 0 Å². The van der Waals surface area contributed by atoms with Gasteiger partial charge in [0.1, 0.15) is 0 Å². The van der Waals surface area contributed by atoms with E-state index in [4.69, 9.17) is 10.8 Å². The fourth-order valence-electron chi connectivity index (χ4n) is 2.50. The zero-order chi connectivity index (χ0) is 14.7. The fraction of sp³-hybridized carbons (Fsp3) is 0.250. The molecule has 0 spiro atoms. The van der Waals surface area contributed by atoms with Crippen molar-refractivity contribution in [1.29, 1.82) is 0 Å². The number of aryl methyl sites for hydroxylation is 2. The predicted molar refractivity (Wildman–Crippen MR) is 83.3 cm³/mol. The summed E-state index contributed by atoms with van der Waals surface area (Å²) in [5.41, 5.74) is 6.05. The van der Waals surface area contributed by atoms with Gasteiger partial charge in [0.05, 0.1) is 23.4 Å². The number of benzene rings is 1. The van der Waals surface area contributed by atoms with Gasteiger partial charge in [0, 0.05) is 18.6 Å². The molecule has 0 bridgehead atoms. The van der Waals surface area contributed by atoms with Crippen LogP contribution in [0.3, 0.4) is 0 Å². The minimum absolute atomic E-state index is 0.0369. The van der Waals surface area contributed by atoms with E-state index in [1.54, 1.807) is 0 Å². The van der Waals surface area contributed by atoms with Crippen LogP contribution < -0.4 is 11.3 Å². The van der Waals surface area contributed by atoms with Gasteiger partial charge in [0.25, 0.3) is 0 Å². The van der Waals surface area contributed by atoms with Gasteiger partial charge in [-0.3, -0.25) is 20.9 Å². The van der Waals surface area contributed by atoms with Crippen LogP contribution in [-0.2, 0) is 13.5 Å². The van der Waals surface area contributed by atoms with E-state index in [1.165, 1.54) is 5.56 Å². The second-order valence-corrected chi connectivity index (χ2v) is 5.21. The van der Waals surface area contributed by atoms with E-state index in [-0.39, 0.29) is 6.04 Å². The second-order valence-electron chi connectivity index (χ2n) is 5.21. The largest absolute Gasteiger partial charge is 0.276 e. The number of hydrogen-bond donors (Lipinski definition) is 2. The average molecular weight is 281 g/mol. The minimum atomic E-state index is 0.0369. The maximum absolute atomic E-state index is 5.71. The van der Waals surface area contributed by atoms with E-state index < -0.39 is 0 Å². The van der Waals surface area contributed by atoms with E-state index in [0.29, 0.717) is 0 Å². The smallest absolute Gasteiger partial charge is 0.0706 e. The molecule has 1 unspecified atom stereocenters. The van der Waals surface area contributed by atoms with Crippen molar-refractivity contribution in [1.82, 2.24) is 20.2 Å². The molecule has 0 saturated carbocycles. The zero-order valence-corrected chi connectivity index (χ0v) is 12.0. The summed E-state index contributed by atoms with van der Waals surface area (Å²) in [4.78, 5) is 4.70. The molecule has 3 N–H and O–H groups in total. The molecular weight excluding hydrogens is 262 g/mol. The predicted octanol–water partition coefficient (Wildman–Crippen LogP) is 2.11. The number of nitrogens with two attached hydrogens (primary N) is 1. The van der Waals surface area contributed by atoms with E-state index in [0.717, 1.165) is 29.4 Å². The van der Waals surface area contributed by atoms with Gasteiger partial charge in [-0.25, -0.2) is 0 Å². The first-order valence-electron chi connectivity index (χ1n) is 7.05. The fourth-order valence-corrected chi connectivity index (χ4v) is 2.50. The molecule has 2 aromatic heterocycles. The number of hydrazine groups is 1. The molecule has 0 amide bonds. The Hall–Kier alpha value is -2.24. The third-order valence-electron chi connectivity index (χ3n) is 3.66. The lowest BCUT2D eigenvalue weighted by atomic mass is 10.0. The Labute approximate surface area is 123 Å². The van der Waals surface area contributed by atoms with Crippen molar-refractivity contribution >= 4 is 10.9 Å². The monoisotopic (exact) mass is 281 g/mol. The lowest BCUT2D eigenvalue weighted by Gasteiger charge is -2.15. The van der Waals surface area contributed by atoms with Crippen LogP contribution in [0.2, 0.25) is 0 Å². The van der Waals surface area contributed by atoms with Crippen molar-refractivity contribution in [3.8, 4) is 0 Å². The number of aromatic nitrogens is 3. The van der Waals surface area contributed by atoms with Crippen LogP contribution in [0.1, 0.15) is 23.7 Å². The molecule has 2 heterocycles. The van der Waals surface area contributed by atoms with E-state index in [2.05, 4.69) is 22.7 Å². The highest BCUT2D eigenvalue weighted by Gasteiger charge is 2.12. The first-order chi connectivity index (χ1) is 10.3. The molecule has 3 aromatic rings. The number of hydrogen-bond acceptors (Lipinski definition) is 4. The molecule has 0 aliphatic rings. The van der Waals surface area contributed by atoms with Gasteiger partial charge in [-0.1, -0.05) is 24.3 Å². The number of para-hydroxylation sites is 1. The molecule has 21 heavy (non-hydrogen) atoms. The topological polar surface area (TPSA) is 68.8 Å². The summed E-state index contributed by atoms with van der Waals surface area (Å²) in [7, 11) is 1.92. The number of rotatable bonds is 5. The Morgan fingerprint density at radius 3 is 2.86 bits per heavy atom. The molecule has 0 saturated heterocycles. The van der Waals surface area contributed by atoms with Crippen LogP contribution in [0.15, 0.2) is 48.8 Å². The van der Waals surface area contributed by atoms with Crippen molar-refractivity contribution in [2.75, 3.05) is 0 Å². The number of fused-ring (bicyclic) bond motifs is 1. The molecule has 0 fully saturated rings. The SMILES string of the molecule is Cn1cc(CCC(NN)c2ccc3ccccc3n2)cn1. The van der Waals surface area contributed by atoms with Gasteiger partial charge in [-0.15, -0.1) is 0 Å². The van der Waals surface area contributed by atoms with Crippen LogP contribution in [0.5, 0.6) is 0 Å². The van der Waals surface area contributed by atoms with Crippen molar-refractivity contribution in [2.45, 2.75) is 18.9 Å². The summed E-state index contributed by atoms with van der Waals surface area (Å²) in [6, 6.07) is 12.3. The second kappa shape index (κ2) is 6.03. The molecule has 1 aromatic carbocycles. The normalized spacial score (nSPS) is 12.7. The van der Waals surface area contributed by atoms with E-state index in [9.17, 15) is 0 Å². The highest BCUT2D eigenvalue weighted by molar-refractivity contribution is 5.78. The van der Waals surface area contributed by atoms with Crippen molar-refractivity contribution < 1.29 is 0 Å². The number of pyridine rings is 1. The van der Waals surface area contributed by atoms with Gasteiger partial charge in [0.15, 0.2) is 0 Å². The van der Waals surface area contributed by atoms with Gasteiger partial charge >= 0.3 is 0 Å². The molecule has 0 radical (unpaired) electrons. The van der Waals surface area contributed by atoms with Gasteiger partial charge in [-0.2, -0.15) is 5.10 Å². The molecule has 108 valence electrons. The third-order valence-corrected chi connectivity index (χ3v) is 3.66. The zero-order valence-electron chi connectivity index (χ0n) is 12.0. The Morgan fingerprint density at radius 2 is 2.10 bits per heavy atom. The molecule has 5 nitrogen and oxygen atoms in total. The summed E-state index contributed by atoms with van der Waals surface area (Å²) in [5, 5.41) is 5.33. The van der Waals surface area contributed by atoms with Crippen LogP contribution in [0, 0.1) is 0 Å². The quantitative estimate of drug-likeness (QED) is 0.555. The van der Waals surface area contributed by atoms with Crippen molar-refractivity contribution in [2.24, 2.45) is 12.9 Å². The standard InChI is InChI=1S/C16H19N5/c1-21-11-12(10-18-21)6-8-16(20-17)15-9-7-13-4-2-3-5-14(13)19-15/h2-5,7,9-11,16,20H,6,8,17H2,1H3.